The number of aryl methyl sites for hydroxylation is 2. The van der Waals surface area contributed by atoms with Gasteiger partial charge in [-0.15, -0.1) is 0 Å². The third-order valence-electron chi connectivity index (χ3n) is 9.03. The third-order valence-corrected chi connectivity index (χ3v) is 9.03. The van der Waals surface area contributed by atoms with Crippen LogP contribution in [0.1, 0.15) is 65.2 Å². The van der Waals surface area contributed by atoms with Gasteiger partial charge in [-0.3, -0.25) is 19.9 Å². The Bertz CT molecular complexity index is 1850. The standard InChI is InChI=1S/C35H35FN4O5/c1-19-13-22-5-8-26(19)20(2)18-45-34(44)39-24-7-10-29(35(11-12-35)33(42)43)23(14-24)17-40(4)32(41)31(22)38-25-6-9-27-21(3)37-16-30(36)28(27)15-25/h5-10,13-16,20,31,38H,11-12,17-18H2,1-4H3,(H,39,44)(H,42,43)/t20-,31+/m0/s1. The fourth-order valence-electron chi connectivity index (χ4n) is 6.32. The number of hydrogen-bond acceptors (Lipinski definition) is 6. The van der Waals surface area contributed by atoms with Gasteiger partial charge in [0.1, 0.15) is 11.9 Å². The highest BCUT2D eigenvalue weighted by Gasteiger charge is 2.52. The Labute approximate surface area is 260 Å². The number of carboxylic acids is 1. The van der Waals surface area contributed by atoms with Crippen molar-refractivity contribution in [3.63, 3.8) is 0 Å². The van der Waals surface area contributed by atoms with E-state index in [1.54, 1.807) is 48.3 Å². The molecule has 0 spiro atoms. The second kappa shape index (κ2) is 11.5. The van der Waals surface area contributed by atoms with E-state index in [1.807, 2.05) is 39.0 Å². The van der Waals surface area contributed by atoms with Gasteiger partial charge in [-0.05, 0) is 78.8 Å². The maximum absolute atomic E-state index is 14.8. The van der Waals surface area contributed by atoms with E-state index in [4.69, 9.17) is 4.74 Å². The zero-order valence-corrected chi connectivity index (χ0v) is 25.6. The van der Waals surface area contributed by atoms with Gasteiger partial charge in [0.25, 0.3) is 0 Å². The molecule has 7 rings (SSSR count). The van der Waals surface area contributed by atoms with Gasteiger partial charge in [-0.1, -0.05) is 37.3 Å². The summed E-state index contributed by atoms with van der Waals surface area (Å²) >= 11 is 0. The van der Waals surface area contributed by atoms with E-state index in [-0.39, 0.29) is 25.0 Å². The summed E-state index contributed by atoms with van der Waals surface area (Å²) in [6.45, 7) is 5.96. The summed E-state index contributed by atoms with van der Waals surface area (Å²) in [5.41, 5.74) is 4.51. The van der Waals surface area contributed by atoms with Crippen LogP contribution in [0.25, 0.3) is 10.8 Å². The molecule has 0 unspecified atom stereocenters. The summed E-state index contributed by atoms with van der Waals surface area (Å²) in [5, 5.41) is 17.3. The molecule has 3 heterocycles. The van der Waals surface area contributed by atoms with E-state index in [0.29, 0.717) is 57.4 Å². The van der Waals surface area contributed by atoms with E-state index in [2.05, 4.69) is 15.6 Å². The number of amides is 2. The van der Waals surface area contributed by atoms with Gasteiger partial charge in [-0.25, -0.2) is 9.18 Å². The van der Waals surface area contributed by atoms with Crippen LogP contribution < -0.4 is 10.6 Å². The molecule has 0 saturated heterocycles. The highest BCUT2D eigenvalue weighted by Crippen LogP contribution is 2.50. The molecule has 2 amide bonds. The van der Waals surface area contributed by atoms with Crippen molar-refractivity contribution in [1.29, 1.82) is 0 Å². The molecule has 1 fully saturated rings. The van der Waals surface area contributed by atoms with Crippen LogP contribution in [0.5, 0.6) is 0 Å². The van der Waals surface area contributed by atoms with Crippen LogP contribution in [-0.2, 0) is 26.3 Å². The lowest BCUT2D eigenvalue weighted by Gasteiger charge is -2.28. The van der Waals surface area contributed by atoms with Gasteiger partial charge < -0.3 is 20.1 Å². The number of benzene rings is 3. The number of hydrogen-bond donors (Lipinski definition) is 3. The molecule has 10 heteroatoms. The first-order valence-corrected chi connectivity index (χ1v) is 14.9. The van der Waals surface area contributed by atoms with E-state index in [9.17, 15) is 23.9 Å². The number of carboxylic acid groups (broad SMARTS) is 1. The van der Waals surface area contributed by atoms with Crippen LogP contribution in [-0.4, -0.2) is 46.6 Å². The molecule has 3 aliphatic rings. The number of nitrogens with one attached hydrogen (secondary N) is 2. The number of pyridine rings is 1. The predicted octanol–water partition coefficient (Wildman–Crippen LogP) is 6.58. The van der Waals surface area contributed by atoms with Crippen molar-refractivity contribution in [2.24, 2.45) is 0 Å². The fourth-order valence-corrected chi connectivity index (χ4v) is 6.32. The van der Waals surface area contributed by atoms with Crippen molar-refractivity contribution in [1.82, 2.24) is 9.88 Å². The average molecular weight is 611 g/mol. The molecule has 3 N–H and O–H groups in total. The lowest BCUT2D eigenvalue weighted by Crippen LogP contribution is -2.36. The maximum atomic E-state index is 14.8. The molecule has 1 saturated carbocycles. The number of fused-ring (bicyclic) bond motifs is 10. The molecule has 9 nitrogen and oxygen atoms in total. The second-order valence-electron chi connectivity index (χ2n) is 12.2. The van der Waals surface area contributed by atoms with E-state index >= 15 is 0 Å². The molecule has 0 radical (unpaired) electrons. The largest absolute Gasteiger partial charge is 0.481 e. The van der Waals surface area contributed by atoms with Gasteiger partial charge >= 0.3 is 12.1 Å². The number of anilines is 2. The molecule has 1 aromatic heterocycles. The summed E-state index contributed by atoms with van der Waals surface area (Å²) in [6.07, 6.45) is 1.55. The number of ether oxygens (including phenoxy) is 1. The molecule has 1 aliphatic carbocycles. The van der Waals surface area contributed by atoms with E-state index in [1.165, 1.54) is 6.20 Å². The Morgan fingerprint density at radius 3 is 2.58 bits per heavy atom. The fraction of sp³-hybridized carbons (Fsp3) is 0.314. The molecular weight excluding hydrogens is 575 g/mol. The number of carbonyl (C=O) groups excluding carboxylic acids is 2. The smallest absolute Gasteiger partial charge is 0.411 e. The third kappa shape index (κ3) is 5.68. The quantitative estimate of drug-likeness (QED) is 0.239. The van der Waals surface area contributed by atoms with Gasteiger partial charge in [0.15, 0.2) is 0 Å². The van der Waals surface area contributed by atoms with Crippen molar-refractivity contribution >= 4 is 40.1 Å². The number of carbonyl (C=O) groups is 3. The van der Waals surface area contributed by atoms with Gasteiger partial charge in [0.05, 0.1) is 18.2 Å². The van der Waals surface area contributed by atoms with Crippen LogP contribution in [0.2, 0.25) is 0 Å². The van der Waals surface area contributed by atoms with Crippen molar-refractivity contribution in [3.8, 4) is 0 Å². The summed E-state index contributed by atoms with van der Waals surface area (Å²) in [6, 6.07) is 15.3. The highest BCUT2D eigenvalue weighted by molar-refractivity contribution is 5.91. The van der Waals surface area contributed by atoms with Crippen LogP contribution >= 0.6 is 0 Å². The zero-order valence-electron chi connectivity index (χ0n) is 25.6. The minimum Gasteiger partial charge on any atom is -0.481 e. The molecule has 2 atom stereocenters. The topological polar surface area (TPSA) is 121 Å². The van der Waals surface area contributed by atoms with E-state index < -0.39 is 29.3 Å². The molecule has 4 aromatic rings. The Morgan fingerprint density at radius 1 is 1.09 bits per heavy atom. The summed E-state index contributed by atoms with van der Waals surface area (Å²) in [5.74, 6) is -1.76. The predicted molar refractivity (Wildman–Crippen MR) is 169 cm³/mol. The number of likely N-dealkylation sites (N-methyl/N-ethyl adjacent to an activating group) is 1. The summed E-state index contributed by atoms with van der Waals surface area (Å²) in [7, 11) is 1.66. The monoisotopic (exact) mass is 610 g/mol. The van der Waals surface area contributed by atoms with Crippen molar-refractivity contribution in [2.45, 2.75) is 57.5 Å². The van der Waals surface area contributed by atoms with E-state index in [0.717, 1.165) is 11.1 Å². The van der Waals surface area contributed by atoms with Gasteiger partial charge in [-0.2, -0.15) is 0 Å². The maximum Gasteiger partial charge on any atom is 0.411 e. The molecular formula is C35H35FN4O5. The highest BCUT2D eigenvalue weighted by atomic mass is 19.1. The van der Waals surface area contributed by atoms with Gasteiger partial charge in [0.2, 0.25) is 5.91 Å². The minimum absolute atomic E-state index is 0.0945. The first kappa shape index (κ1) is 30.1. The Hall–Kier alpha value is -4.99. The second-order valence-corrected chi connectivity index (χ2v) is 12.2. The van der Waals surface area contributed by atoms with Crippen molar-refractivity contribution in [2.75, 3.05) is 24.3 Å². The number of nitrogens with zero attached hydrogens (tertiary/aromatic N) is 2. The van der Waals surface area contributed by atoms with Crippen LogP contribution in [0, 0.1) is 19.7 Å². The lowest BCUT2D eigenvalue weighted by atomic mass is 9.90. The molecule has 45 heavy (non-hydrogen) atoms. The zero-order chi connectivity index (χ0) is 32.0. The summed E-state index contributed by atoms with van der Waals surface area (Å²) in [4.78, 5) is 45.0. The number of halogens is 1. The van der Waals surface area contributed by atoms with Crippen LogP contribution in [0.4, 0.5) is 20.6 Å². The van der Waals surface area contributed by atoms with Crippen LogP contribution in [0.15, 0.2) is 60.8 Å². The van der Waals surface area contributed by atoms with Gasteiger partial charge in [0, 0.05) is 47.4 Å². The first-order valence-electron chi connectivity index (χ1n) is 14.9. The average Bonchev–Trinajstić information content (AvgIpc) is 3.82. The molecule has 2 aliphatic heterocycles. The van der Waals surface area contributed by atoms with Crippen molar-refractivity contribution < 1.29 is 28.6 Å². The minimum atomic E-state index is -1.03. The molecule has 4 bridgehead atoms. The number of rotatable bonds is 4. The summed E-state index contributed by atoms with van der Waals surface area (Å²) < 4.78 is 20.3. The SMILES string of the molecule is Cc1cc2ccc1[C@@H](C)COC(=O)Nc1ccc(C3(C(=O)O)CC3)c(c1)CN(C)C(=O)[C@@H]2Nc1ccc2c(C)ncc(F)c2c1. The van der Waals surface area contributed by atoms with Crippen molar-refractivity contribution in [3.05, 3.63) is 100 Å². The molecule has 232 valence electrons. The lowest BCUT2D eigenvalue weighted by molar-refractivity contribution is -0.140. The molecule has 3 aromatic carbocycles. The Morgan fingerprint density at radius 2 is 1.87 bits per heavy atom. The Balaban J connectivity index is 1.43. The Kier molecular flexibility index (Phi) is 7.68. The number of aliphatic carboxylic acids is 1. The number of aromatic nitrogens is 1. The first-order chi connectivity index (χ1) is 21.5. The normalized spacial score (nSPS) is 19.6. The van der Waals surface area contributed by atoms with Crippen LogP contribution in [0.3, 0.4) is 0 Å².